The summed E-state index contributed by atoms with van der Waals surface area (Å²) in [5.74, 6) is 0.546. The lowest BCUT2D eigenvalue weighted by molar-refractivity contribution is 0.0954. The minimum atomic E-state index is -0.906. The summed E-state index contributed by atoms with van der Waals surface area (Å²) < 4.78 is 11.1. The van der Waals surface area contributed by atoms with Gasteiger partial charge in [-0.15, -0.1) is 0 Å². The summed E-state index contributed by atoms with van der Waals surface area (Å²) in [4.78, 5) is 25.5. The number of hydrogen-bond donors (Lipinski definition) is 2. The molecular formula is C10H14N2O3S. The highest BCUT2D eigenvalue weighted by atomic mass is 32.2. The molecule has 1 aromatic rings. The minimum absolute atomic E-state index is 0.0739. The van der Waals surface area contributed by atoms with Gasteiger partial charge in [0.25, 0.3) is 5.91 Å². The average Bonchev–Trinajstić information content (AvgIpc) is 2.29. The van der Waals surface area contributed by atoms with Crippen molar-refractivity contribution in [2.75, 3.05) is 18.1 Å². The van der Waals surface area contributed by atoms with E-state index in [4.69, 9.17) is 0 Å². The van der Waals surface area contributed by atoms with Crippen LogP contribution in [0.25, 0.3) is 0 Å². The van der Waals surface area contributed by atoms with E-state index >= 15 is 0 Å². The van der Waals surface area contributed by atoms with Gasteiger partial charge in [0.2, 0.25) is 0 Å². The van der Waals surface area contributed by atoms with Gasteiger partial charge in [0, 0.05) is 47.3 Å². The topological polar surface area (TPSA) is 79.0 Å². The maximum Gasteiger partial charge on any atom is 0.256 e. The maximum absolute atomic E-state index is 11.5. The molecule has 0 saturated carbocycles. The van der Waals surface area contributed by atoms with Gasteiger partial charge in [-0.1, -0.05) is 6.92 Å². The SMILES string of the molecule is CCS(=O)CCNC(=O)c1c[nH]ccc1=O. The van der Waals surface area contributed by atoms with E-state index < -0.39 is 16.7 Å². The van der Waals surface area contributed by atoms with Gasteiger partial charge in [-0.25, -0.2) is 0 Å². The van der Waals surface area contributed by atoms with Crippen molar-refractivity contribution in [2.45, 2.75) is 6.92 Å². The molecular weight excluding hydrogens is 228 g/mol. The second-order valence-corrected chi connectivity index (χ2v) is 4.98. The van der Waals surface area contributed by atoms with Gasteiger partial charge in [-0.05, 0) is 0 Å². The normalized spacial score (nSPS) is 12.1. The molecule has 0 aliphatic rings. The molecule has 0 bridgehead atoms. The molecule has 0 aliphatic carbocycles. The first-order valence-electron chi connectivity index (χ1n) is 4.95. The van der Waals surface area contributed by atoms with Crippen LogP contribution in [0.1, 0.15) is 17.3 Å². The summed E-state index contributed by atoms with van der Waals surface area (Å²) in [5.41, 5.74) is -0.252. The second-order valence-electron chi connectivity index (χ2n) is 3.11. The zero-order valence-corrected chi connectivity index (χ0v) is 9.80. The number of rotatable bonds is 5. The lowest BCUT2D eigenvalue weighted by Crippen LogP contribution is -2.31. The van der Waals surface area contributed by atoms with E-state index in [-0.39, 0.29) is 11.0 Å². The summed E-state index contributed by atoms with van der Waals surface area (Å²) in [6.07, 6.45) is 2.82. The zero-order chi connectivity index (χ0) is 12.0. The van der Waals surface area contributed by atoms with Crippen LogP contribution in [-0.4, -0.2) is 33.2 Å². The largest absolute Gasteiger partial charge is 0.367 e. The van der Waals surface area contributed by atoms with Gasteiger partial charge in [0.15, 0.2) is 5.43 Å². The third-order valence-corrected chi connectivity index (χ3v) is 3.31. The van der Waals surface area contributed by atoms with E-state index in [1.54, 1.807) is 0 Å². The van der Waals surface area contributed by atoms with Gasteiger partial charge in [-0.3, -0.25) is 13.8 Å². The van der Waals surface area contributed by atoms with E-state index in [0.717, 1.165) is 0 Å². The van der Waals surface area contributed by atoms with Crippen LogP contribution in [0, 0.1) is 0 Å². The Balaban J connectivity index is 2.51. The molecule has 1 heterocycles. The monoisotopic (exact) mass is 242 g/mol. The van der Waals surface area contributed by atoms with Crippen molar-refractivity contribution in [3.05, 3.63) is 34.2 Å². The van der Waals surface area contributed by atoms with Gasteiger partial charge in [0.05, 0.1) is 0 Å². The van der Waals surface area contributed by atoms with Crippen LogP contribution < -0.4 is 10.7 Å². The predicted octanol–water partition coefficient (Wildman–Crippen LogP) is -0.127. The van der Waals surface area contributed by atoms with Crippen LogP contribution in [0.4, 0.5) is 0 Å². The number of carbonyl (C=O) groups is 1. The lowest BCUT2D eigenvalue weighted by atomic mass is 10.2. The highest BCUT2D eigenvalue weighted by molar-refractivity contribution is 7.84. The molecule has 0 saturated heterocycles. The van der Waals surface area contributed by atoms with Crippen molar-refractivity contribution in [3.8, 4) is 0 Å². The van der Waals surface area contributed by atoms with Crippen molar-refractivity contribution in [1.29, 1.82) is 0 Å². The highest BCUT2D eigenvalue weighted by Gasteiger charge is 2.08. The molecule has 5 nitrogen and oxygen atoms in total. The third kappa shape index (κ3) is 3.62. The van der Waals surface area contributed by atoms with Crippen LogP contribution in [-0.2, 0) is 10.8 Å². The van der Waals surface area contributed by atoms with Gasteiger partial charge < -0.3 is 10.3 Å². The smallest absolute Gasteiger partial charge is 0.256 e. The third-order valence-electron chi connectivity index (χ3n) is 2.01. The number of amides is 1. The molecule has 1 amide bonds. The summed E-state index contributed by atoms with van der Waals surface area (Å²) in [6.45, 7) is 2.13. The van der Waals surface area contributed by atoms with Crippen molar-refractivity contribution in [1.82, 2.24) is 10.3 Å². The van der Waals surface area contributed by atoms with Gasteiger partial charge in [0.1, 0.15) is 5.56 Å². The number of nitrogens with one attached hydrogen (secondary N) is 2. The molecule has 16 heavy (non-hydrogen) atoms. The first kappa shape index (κ1) is 12.6. The quantitative estimate of drug-likeness (QED) is 0.755. The van der Waals surface area contributed by atoms with Crippen molar-refractivity contribution in [2.24, 2.45) is 0 Å². The first-order valence-corrected chi connectivity index (χ1v) is 6.44. The highest BCUT2D eigenvalue weighted by Crippen LogP contribution is 1.88. The van der Waals surface area contributed by atoms with E-state index in [0.29, 0.717) is 18.1 Å². The van der Waals surface area contributed by atoms with Crippen molar-refractivity contribution < 1.29 is 9.00 Å². The number of H-pyrrole nitrogens is 1. The lowest BCUT2D eigenvalue weighted by Gasteiger charge is -2.03. The molecule has 0 aliphatic heterocycles. The molecule has 0 spiro atoms. The molecule has 0 radical (unpaired) electrons. The Morgan fingerprint density at radius 2 is 2.31 bits per heavy atom. The van der Waals surface area contributed by atoms with E-state index in [9.17, 15) is 13.8 Å². The average molecular weight is 242 g/mol. The Morgan fingerprint density at radius 3 is 2.94 bits per heavy atom. The fraction of sp³-hybridized carbons (Fsp3) is 0.400. The first-order chi connectivity index (χ1) is 7.65. The molecule has 1 atom stereocenters. The summed E-state index contributed by atoms with van der Waals surface area (Å²) in [5, 5.41) is 2.55. The fourth-order valence-corrected chi connectivity index (χ4v) is 1.73. The number of carbonyl (C=O) groups excluding carboxylic acids is 1. The number of aromatic amines is 1. The van der Waals surface area contributed by atoms with E-state index in [2.05, 4.69) is 10.3 Å². The van der Waals surface area contributed by atoms with E-state index in [1.807, 2.05) is 6.92 Å². The summed E-state index contributed by atoms with van der Waals surface area (Å²) in [6, 6.07) is 1.29. The number of hydrogen-bond acceptors (Lipinski definition) is 3. The van der Waals surface area contributed by atoms with E-state index in [1.165, 1.54) is 18.5 Å². The van der Waals surface area contributed by atoms with Crippen LogP contribution >= 0.6 is 0 Å². The Morgan fingerprint density at radius 1 is 1.56 bits per heavy atom. The molecule has 0 fully saturated rings. The molecule has 6 heteroatoms. The minimum Gasteiger partial charge on any atom is -0.367 e. The molecule has 1 unspecified atom stereocenters. The number of aromatic nitrogens is 1. The predicted molar refractivity (Wildman–Crippen MR) is 62.9 cm³/mol. The fourth-order valence-electron chi connectivity index (χ4n) is 1.11. The van der Waals surface area contributed by atoms with Gasteiger partial charge in [-0.2, -0.15) is 0 Å². The molecule has 2 N–H and O–H groups in total. The zero-order valence-electron chi connectivity index (χ0n) is 8.99. The van der Waals surface area contributed by atoms with Crippen LogP contribution in [0.3, 0.4) is 0 Å². The molecule has 1 rings (SSSR count). The number of pyridine rings is 1. The van der Waals surface area contributed by atoms with Gasteiger partial charge >= 0.3 is 0 Å². The maximum atomic E-state index is 11.5. The van der Waals surface area contributed by atoms with Crippen molar-refractivity contribution >= 4 is 16.7 Å². The second kappa shape index (κ2) is 6.22. The molecule has 1 aromatic heterocycles. The summed E-state index contributed by atoms with van der Waals surface area (Å²) in [7, 11) is -0.906. The molecule has 88 valence electrons. The standard InChI is InChI=1S/C10H14N2O3S/c1-2-16(15)6-5-12-10(14)8-7-11-4-3-9(8)13/h3-4,7H,2,5-6H2,1H3,(H,11,13)(H,12,14). The Labute approximate surface area is 95.7 Å². The Hall–Kier alpha value is -1.43. The Kier molecular flexibility index (Phi) is 4.91. The molecule has 0 aromatic carbocycles. The van der Waals surface area contributed by atoms with Crippen LogP contribution in [0.15, 0.2) is 23.3 Å². The van der Waals surface area contributed by atoms with Crippen LogP contribution in [0.2, 0.25) is 0 Å². The van der Waals surface area contributed by atoms with Crippen molar-refractivity contribution in [3.63, 3.8) is 0 Å². The Bertz CT molecular complexity index is 442. The summed E-state index contributed by atoms with van der Waals surface area (Å²) >= 11 is 0. The van der Waals surface area contributed by atoms with Crippen LogP contribution in [0.5, 0.6) is 0 Å².